The van der Waals surface area contributed by atoms with Crippen molar-refractivity contribution in [3.63, 3.8) is 0 Å². The van der Waals surface area contributed by atoms with E-state index in [0.717, 1.165) is 17.3 Å². The molecule has 0 radical (unpaired) electrons. The highest BCUT2D eigenvalue weighted by Gasteiger charge is 2.23. The highest BCUT2D eigenvalue weighted by atomic mass is 16.5. The van der Waals surface area contributed by atoms with Gasteiger partial charge in [0.1, 0.15) is 5.82 Å². The van der Waals surface area contributed by atoms with Crippen LogP contribution in [-0.2, 0) is 11.3 Å². The number of aromatic nitrogens is 2. The molecule has 1 saturated carbocycles. The third-order valence-corrected chi connectivity index (χ3v) is 3.95. The van der Waals surface area contributed by atoms with E-state index in [-0.39, 0.29) is 0 Å². The summed E-state index contributed by atoms with van der Waals surface area (Å²) in [5.74, 6) is 2.55. The van der Waals surface area contributed by atoms with Crippen LogP contribution >= 0.6 is 0 Å². The first-order chi connectivity index (χ1) is 8.83. The Morgan fingerprint density at radius 2 is 1.83 bits per heavy atom. The Morgan fingerprint density at radius 3 is 2.39 bits per heavy atom. The first kappa shape index (κ1) is 13.5. The van der Waals surface area contributed by atoms with Crippen LogP contribution in [-0.4, -0.2) is 17.1 Å². The summed E-state index contributed by atoms with van der Waals surface area (Å²) in [6, 6.07) is 0. The molecule has 0 aromatic carbocycles. The zero-order valence-corrected chi connectivity index (χ0v) is 11.6. The molecule has 3 heteroatoms. The molecular weight excluding hydrogens is 224 g/mol. The SMILES string of the molecule is CCC[C@H]1CC[C@H](c2ncc(COC)cn2)CC1. The Labute approximate surface area is 110 Å². The van der Waals surface area contributed by atoms with Gasteiger partial charge in [0.25, 0.3) is 0 Å². The molecule has 0 bridgehead atoms. The molecule has 0 N–H and O–H groups in total. The lowest BCUT2D eigenvalue weighted by atomic mass is 9.80. The van der Waals surface area contributed by atoms with E-state index in [1.807, 2.05) is 12.4 Å². The fourth-order valence-electron chi connectivity index (χ4n) is 2.93. The average molecular weight is 248 g/mol. The molecule has 0 amide bonds. The van der Waals surface area contributed by atoms with Crippen molar-refractivity contribution in [1.29, 1.82) is 0 Å². The van der Waals surface area contributed by atoms with Gasteiger partial charge < -0.3 is 4.74 Å². The number of hydrogen-bond donors (Lipinski definition) is 0. The van der Waals surface area contributed by atoms with Crippen molar-refractivity contribution in [1.82, 2.24) is 9.97 Å². The zero-order chi connectivity index (χ0) is 12.8. The molecule has 0 atom stereocenters. The van der Waals surface area contributed by atoms with Crippen molar-refractivity contribution in [3.8, 4) is 0 Å². The van der Waals surface area contributed by atoms with Crippen LogP contribution in [0, 0.1) is 5.92 Å². The molecule has 1 fully saturated rings. The highest BCUT2D eigenvalue weighted by molar-refractivity contribution is 5.07. The van der Waals surface area contributed by atoms with E-state index in [0.29, 0.717) is 12.5 Å². The number of hydrogen-bond acceptors (Lipinski definition) is 3. The molecule has 1 aromatic rings. The number of methoxy groups -OCH3 is 1. The van der Waals surface area contributed by atoms with Gasteiger partial charge in [0.2, 0.25) is 0 Å². The van der Waals surface area contributed by atoms with E-state index < -0.39 is 0 Å². The predicted molar refractivity (Wildman–Crippen MR) is 72.4 cm³/mol. The second kappa shape index (κ2) is 6.83. The van der Waals surface area contributed by atoms with Crippen molar-refractivity contribution in [2.75, 3.05) is 7.11 Å². The van der Waals surface area contributed by atoms with Crippen molar-refractivity contribution >= 4 is 0 Å². The van der Waals surface area contributed by atoms with Crippen LogP contribution in [0.25, 0.3) is 0 Å². The second-order valence-electron chi connectivity index (χ2n) is 5.39. The van der Waals surface area contributed by atoms with Crippen molar-refractivity contribution in [2.45, 2.75) is 58.0 Å². The Kier molecular flexibility index (Phi) is 5.12. The third kappa shape index (κ3) is 3.52. The Balaban J connectivity index is 1.89. The minimum absolute atomic E-state index is 0.578. The van der Waals surface area contributed by atoms with Crippen LogP contribution < -0.4 is 0 Å². The summed E-state index contributed by atoms with van der Waals surface area (Å²) in [5, 5.41) is 0. The fraction of sp³-hybridized carbons (Fsp3) is 0.733. The summed E-state index contributed by atoms with van der Waals surface area (Å²) in [7, 11) is 1.70. The van der Waals surface area contributed by atoms with Gasteiger partial charge in [-0.05, 0) is 31.6 Å². The molecule has 0 unspecified atom stereocenters. The maximum Gasteiger partial charge on any atom is 0.131 e. The molecule has 1 heterocycles. The lowest BCUT2D eigenvalue weighted by Crippen LogP contribution is -2.15. The van der Waals surface area contributed by atoms with E-state index in [1.165, 1.54) is 38.5 Å². The van der Waals surface area contributed by atoms with E-state index >= 15 is 0 Å². The molecular formula is C15H24N2O. The molecule has 0 saturated heterocycles. The monoisotopic (exact) mass is 248 g/mol. The van der Waals surface area contributed by atoms with Gasteiger partial charge in [0, 0.05) is 31.0 Å². The molecule has 0 spiro atoms. The maximum atomic E-state index is 5.07. The van der Waals surface area contributed by atoms with Crippen LogP contribution in [0.1, 0.15) is 62.8 Å². The van der Waals surface area contributed by atoms with Gasteiger partial charge in [-0.25, -0.2) is 9.97 Å². The highest BCUT2D eigenvalue weighted by Crippen LogP contribution is 2.35. The number of ether oxygens (including phenoxy) is 1. The molecule has 2 rings (SSSR count). The van der Waals surface area contributed by atoms with Crippen LogP contribution in [0.2, 0.25) is 0 Å². The summed E-state index contributed by atoms with van der Waals surface area (Å²) < 4.78 is 5.07. The second-order valence-corrected chi connectivity index (χ2v) is 5.39. The molecule has 3 nitrogen and oxygen atoms in total. The van der Waals surface area contributed by atoms with Crippen LogP contribution in [0.15, 0.2) is 12.4 Å². The van der Waals surface area contributed by atoms with Gasteiger partial charge in [-0.2, -0.15) is 0 Å². The molecule has 0 aliphatic heterocycles. The predicted octanol–water partition coefficient (Wildman–Crippen LogP) is 3.70. The summed E-state index contributed by atoms with van der Waals surface area (Å²) in [4.78, 5) is 9.00. The van der Waals surface area contributed by atoms with Gasteiger partial charge in [-0.3, -0.25) is 0 Å². The largest absolute Gasteiger partial charge is 0.380 e. The molecule has 18 heavy (non-hydrogen) atoms. The summed E-state index contributed by atoms with van der Waals surface area (Å²) in [6.45, 7) is 2.88. The molecule has 1 aliphatic rings. The Hall–Kier alpha value is -0.960. The average Bonchev–Trinajstić information content (AvgIpc) is 2.41. The van der Waals surface area contributed by atoms with Gasteiger partial charge in [-0.15, -0.1) is 0 Å². The fourth-order valence-corrected chi connectivity index (χ4v) is 2.93. The minimum atomic E-state index is 0.578. The topological polar surface area (TPSA) is 35.0 Å². The molecule has 1 aliphatic carbocycles. The third-order valence-electron chi connectivity index (χ3n) is 3.95. The Bertz CT molecular complexity index is 342. The maximum absolute atomic E-state index is 5.07. The first-order valence-electron chi connectivity index (χ1n) is 7.13. The van der Waals surface area contributed by atoms with Gasteiger partial charge >= 0.3 is 0 Å². The van der Waals surface area contributed by atoms with Crippen molar-refractivity contribution < 1.29 is 4.74 Å². The van der Waals surface area contributed by atoms with Gasteiger partial charge in [-0.1, -0.05) is 19.8 Å². The normalized spacial score (nSPS) is 24.1. The summed E-state index contributed by atoms with van der Waals surface area (Å²) in [5.41, 5.74) is 1.06. The Morgan fingerprint density at radius 1 is 1.17 bits per heavy atom. The van der Waals surface area contributed by atoms with Gasteiger partial charge in [0.15, 0.2) is 0 Å². The van der Waals surface area contributed by atoms with Crippen LogP contribution in [0.3, 0.4) is 0 Å². The molecule has 100 valence electrons. The summed E-state index contributed by atoms with van der Waals surface area (Å²) in [6.07, 6.45) is 11.7. The lowest BCUT2D eigenvalue weighted by Gasteiger charge is -2.27. The van der Waals surface area contributed by atoms with E-state index in [2.05, 4.69) is 16.9 Å². The summed E-state index contributed by atoms with van der Waals surface area (Å²) >= 11 is 0. The first-order valence-corrected chi connectivity index (χ1v) is 7.13. The lowest BCUT2D eigenvalue weighted by molar-refractivity contribution is 0.184. The van der Waals surface area contributed by atoms with Crippen molar-refractivity contribution in [3.05, 3.63) is 23.8 Å². The van der Waals surface area contributed by atoms with Crippen LogP contribution in [0.4, 0.5) is 0 Å². The smallest absolute Gasteiger partial charge is 0.131 e. The van der Waals surface area contributed by atoms with Gasteiger partial charge in [0.05, 0.1) is 6.61 Å². The quantitative estimate of drug-likeness (QED) is 0.797. The molecule has 1 aromatic heterocycles. The van der Waals surface area contributed by atoms with Crippen molar-refractivity contribution in [2.24, 2.45) is 5.92 Å². The number of rotatable bonds is 5. The van der Waals surface area contributed by atoms with E-state index in [9.17, 15) is 0 Å². The van der Waals surface area contributed by atoms with E-state index in [1.54, 1.807) is 7.11 Å². The standard InChI is InChI=1S/C15H24N2O/c1-3-4-12-5-7-14(8-6-12)15-16-9-13(10-17-15)11-18-2/h9-10,12,14H,3-8,11H2,1-2H3/t12-,14-. The number of nitrogens with zero attached hydrogens (tertiary/aromatic N) is 2. The van der Waals surface area contributed by atoms with E-state index in [4.69, 9.17) is 4.74 Å². The van der Waals surface area contributed by atoms with Crippen LogP contribution in [0.5, 0.6) is 0 Å². The minimum Gasteiger partial charge on any atom is -0.380 e. The zero-order valence-electron chi connectivity index (χ0n) is 11.6.